The van der Waals surface area contributed by atoms with Crippen LogP contribution in [0.5, 0.6) is 0 Å². The zero-order valence-corrected chi connectivity index (χ0v) is 12.6. The Morgan fingerprint density at radius 2 is 1.29 bits per heavy atom. The highest BCUT2D eigenvalue weighted by molar-refractivity contribution is 8.85. The van der Waals surface area contributed by atoms with E-state index in [0.717, 1.165) is 11.5 Å². The summed E-state index contributed by atoms with van der Waals surface area (Å²) in [5.41, 5.74) is 0. The van der Waals surface area contributed by atoms with Crippen LogP contribution in [0.4, 0.5) is 0 Å². The van der Waals surface area contributed by atoms with Gasteiger partial charge in [0.15, 0.2) is 0 Å². The van der Waals surface area contributed by atoms with Gasteiger partial charge in [-0.15, -0.1) is 0 Å². The second kappa shape index (κ2) is 10.7. The van der Waals surface area contributed by atoms with Gasteiger partial charge in [0.1, 0.15) is 0 Å². The van der Waals surface area contributed by atoms with Gasteiger partial charge in [-0.2, -0.15) is 0 Å². The van der Waals surface area contributed by atoms with Crippen molar-refractivity contribution < 1.29 is 9.47 Å². The Morgan fingerprint density at radius 3 is 1.57 bits per heavy atom. The van der Waals surface area contributed by atoms with Gasteiger partial charge in [-0.3, -0.25) is 0 Å². The molecule has 0 fully saturated rings. The van der Waals surface area contributed by atoms with Crippen molar-refractivity contribution in [3.05, 3.63) is 0 Å². The number of thiocarbonyl (C=S) groups is 2. The lowest BCUT2D eigenvalue weighted by atomic mass is 11.0. The number of ether oxygens (including phenoxy) is 2. The van der Waals surface area contributed by atoms with Crippen LogP contribution in [-0.2, 0) is 9.47 Å². The van der Waals surface area contributed by atoms with E-state index < -0.39 is 0 Å². The maximum atomic E-state index is 4.86. The van der Waals surface area contributed by atoms with E-state index >= 15 is 0 Å². The monoisotopic (exact) mass is 306 g/mol. The Kier molecular flexibility index (Phi) is 11.6. The molecule has 0 saturated heterocycles. The normalized spacial score (nSPS) is 9.57. The molecule has 2 nitrogen and oxygen atoms in total. The molecule has 0 aromatic carbocycles. The van der Waals surface area contributed by atoms with Crippen molar-refractivity contribution in [1.29, 1.82) is 0 Å². The van der Waals surface area contributed by atoms with E-state index in [-0.39, 0.29) is 0 Å². The van der Waals surface area contributed by atoms with Crippen LogP contribution in [0.15, 0.2) is 0 Å². The summed E-state index contributed by atoms with van der Waals surface area (Å²) in [5.74, 6) is 2.00. The van der Waals surface area contributed by atoms with Crippen molar-refractivity contribution in [3.63, 3.8) is 0 Å². The van der Waals surface area contributed by atoms with Crippen LogP contribution in [0.1, 0.15) is 0 Å². The van der Waals surface area contributed by atoms with Crippen LogP contribution < -0.4 is 0 Å². The molecule has 0 atom stereocenters. The quantitative estimate of drug-likeness (QED) is 0.430. The van der Waals surface area contributed by atoms with Gasteiger partial charge in [0.05, 0.1) is 14.2 Å². The SMILES string of the molecule is COC(=S)SSCCSSC(=S)OC. The molecule has 0 unspecified atom stereocenters. The fraction of sp³-hybridized carbons (Fsp3) is 0.667. The van der Waals surface area contributed by atoms with Gasteiger partial charge in [-0.1, -0.05) is 21.6 Å². The van der Waals surface area contributed by atoms with E-state index in [2.05, 4.69) is 0 Å². The smallest absolute Gasteiger partial charge is 0.230 e. The molecule has 0 N–H and O–H groups in total. The van der Waals surface area contributed by atoms with Gasteiger partial charge in [-0.25, -0.2) is 0 Å². The number of methoxy groups -OCH3 is 2. The van der Waals surface area contributed by atoms with Crippen LogP contribution in [0, 0.1) is 0 Å². The van der Waals surface area contributed by atoms with Gasteiger partial charge in [0, 0.05) is 11.5 Å². The first-order valence-electron chi connectivity index (χ1n) is 3.45. The van der Waals surface area contributed by atoms with Crippen molar-refractivity contribution in [2.24, 2.45) is 0 Å². The number of rotatable bonds is 5. The van der Waals surface area contributed by atoms with E-state index in [9.17, 15) is 0 Å². The predicted molar refractivity (Wildman–Crippen MR) is 79.3 cm³/mol. The molecule has 0 aliphatic heterocycles. The lowest BCUT2D eigenvalue weighted by Gasteiger charge is -2.01. The summed E-state index contributed by atoms with van der Waals surface area (Å²) < 4.78 is 10.8. The van der Waals surface area contributed by atoms with Crippen LogP contribution in [0.2, 0.25) is 0 Å². The van der Waals surface area contributed by atoms with Crippen molar-refractivity contribution >= 4 is 76.4 Å². The average Bonchev–Trinajstić information content (AvgIpc) is 2.22. The van der Waals surface area contributed by atoms with E-state index in [0.29, 0.717) is 8.77 Å². The zero-order valence-electron chi connectivity index (χ0n) is 7.68. The summed E-state index contributed by atoms with van der Waals surface area (Å²) in [6.45, 7) is 0. The predicted octanol–water partition coefficient (Wildman–Crippen LogP) is 3.61. The molecular formula is C6H10O2S6. The van der Waals surface area contributed by atoms with E-state index in [4.69, 9.17) is 33.9 Å². The van der Waals surface area contributed by atoms with Crippen LogP contribution in [0.3, 0.4) is 0 Å². The molecule has 0 aromatic heterocycles. The summed E-state index contributed by atoms with van der Waals surface area (Å²) in [6.07, 6.45) is 0. The number of hydrogen-bond acceptors (Lipinski definition) is 8. The van der Waals surface area contributed by atoms with Gasteiger partial charge < -0.3 is 9.47 Å². The summed E-state index contributed by atoms with van der Waals surface area (Å²) in [5, 5.41) is 0. The van der Waals surface area contributed by atoms with Crippen molar-refractivity contribution in [2.75, 3.05) is 25.7 Å². The molecule has 14 heavy (non-hydrogen) atoms. The summed E-state index contributed by atoms with van der Waals surface area (Å²) >= 11 is 9.72. The highest BCUT2D eigenvalue weighted by atomic mass is 33.1. The van der Waals surface area contributed by atoms with Gasteiger partial charge in [-0.05, 0) is 46.0 Å². The molecule has 0 bridgehead atoms. The van der Waals surface area contributed by atoms with Gasteiger partial charge in [0.25, 0.3) is 0 Å². The minimum Gasteiger partial charge on any atom is -0.481 e. The summed E-state index contributed by atoms with van der Waals surface area (Å²) in [4.78, 5) is 0. The maximum absolute atomic E-state index is 4.86. The van der Waals surface area contributed by atoms with E-state index in [1.165, 1.54) is 21.6 Å². The molecule has 0 heterocycles. The third-order valence-corrected chi connectivity index (χ3v) is 6.76. The van der Waals surface area contributed by atoms with Crippen LogP contribution in [0.25, 0.3) is 0 Å². The Labute approximate surface area is 111 Å². The summed E-state index contributed by atoms with van der Waals surface area (Å²) in [6, 6.07) is 0. The third kappa shape index (κ3) is 9.72. The van der Waals surface area contributed by atoms with E-state index in [1.807, 2.05) is 0 Å². The fourth-order valence-electron chi connectivity index (χ4n) is 0.316. The topological polar surface area (TPSA) is 18.5 Å². The molecule has 0 radical (unpaired) electrons. The van der Waals surface area contributed by atoms with Crippen LogP contribution in [-0.4, -0.2) is 34.5 Å². The Morgan fingerprint density at radius 1 is 0.929 bits per heavy atom. The zero-order chi connectivity index (χ0) is 10.8. The minimum atomic E-state index is 0.570. The second-order valence-corrected chi connectivity index (χ2v) is 7.75. The maximum Gasteiger partial charge on any atom is 0.230 e. The number of hydrogen-bond donors (Lipinski definition) is 0. The molecule has 0 saturated carbocycles. The molecule has 0 amide bonds. The first-order chi connectivity index (χ1) is 6.70. The lowest BCUT2D eigenvalue weighted by molar-refractivity contribution is 0.426. The highest BCUT2D eigenvalue weighted by Crippen LogP contribution is 2.28. The Bertz CT molecular complexity index is 165. The first kappa shape index (κ1) is 15.2. The molecule has 0 spiro atoms. The van der Waals surface area contributed by atoms with Gasteiger partial charge >= 0.3 is 0 Å². The van der Waals surface area contributed by atoms with Gasteiger partial charge in [0.2, 0.25) is 8.77 Å². The Balaban J connectivity index is 3.14. The minimum absolute atomic E-state index is 0.570. The lowest BCUT2D eigenvalue weighted by Crippen LogP contribution is -1.89. The highest BCUT2D eigenvalue weighted by Gasteiger charge is 1.99. The van der Waals surface area contributed by atoms with Crippen LogP contribution >= 0.6 is 67.6 Å². The van der Waals surface area contributed by atoms with Crippen molar-refractivity contribution in [2.45, 2.75) is 0 Å². The van der Waals surface area contributed by atoms with Crippen molar-refractivity contribution in [3.8, 4) is 0 Å². The summed E-state index contributed by atoms with van der Waals surface area (Å²) in [7, 11) is 9.48. The fourth-order valence-corrected chi connectivity index (χ4v) is 4.93. The molecule has 0 aromatic rings. The first-order valence-corrected chi connectivity index (χ1v) is 8.91. The molecular weight excluding hydrogens is 296 g/mol. The average molecular weight is 307 g/mol. The third-order valence-electron chi connectivity index (χ3n) is 0.837. The molecule has 8 heteroatoms. The molecule has 82 valence electrons. The molecule has 0 aliphatic carbocycles. The standard InChI is InChI=1S/C6H10O2S6/c1-7-5(9)13-11-3-4-12-14-6(10)8-2/h3-4H2,1-2H3. The molecule has 0 rings (SSSR count). The molecule has 0 aliphatic rings. The largest absolute Gasteiger partial charge is 0.481 e. The Hall–Kier alpha value is 1.18. The second-order valence-electron chi connectivity index (χ2n) is 1.72. The van der Waals surface area contributed by atoms with E-state index in [1.54, 1.807) is 35.8 Å². The van der Waals surface area contributed by atoms with Crippen molar-refractivity contribution in [1.82, 2.24) is 0 Å².